The SMILES string of the molecule is COc1ccccc1OCC(=O)Nc1c2c(cc3c1OCC3)OCC2. The van der Waals surface area contributed by atoms with Crippen molar-refractivity contribution in [3.05, 3.63) is 41.5 Å². The summed E-state index contributed by atoms with van der Waals surface area (Å²) < 4.78 is 22.2. The van der Waals surface area contributed by atoms with Gasteiger partial charge in [-0.1, -0.05) is 12.1 Å². The highest BCUT2D eigenvalue weighted by Gasteiger charge is 2.27. The number of methoxy groups -OCH3 is 1. The molecular weight excluding hydrogens is 322 g/mol. The molecule has 1 amide bonds. The normalized spacial score (nSPS) is 14.1. The zero-order valence-electron chi connectivity index (χ0n) is 14.0. The molecule has 4 rings (SSSR count). The molecule has 2 aliphatic rings. The summed E-state index contributed by atoms with van der Waals surface area (Å²) in [6.45, 7) is 1.14. The van der Waals surface area contributed by atoms with Gasteiger partial charge in [-0.05, 0) is 18.2 Å². The molecule has 0 radical (unpaired) electrons. The van der Waals surface area contributed by atoms with Gasteiger partial charge in [0.1, 0.15) is 11.5 Å². The van der Waals surface area contributed by atoms with E-state index >= 15 is 0 Å². The second-order valence-corrected chi connectivity index (χ2v) is 5.90. The number of carbonyl (C=O) groups excluding carboxylic acids is 1. The zero-order chi connectivity index (χ0) is 17.2. The Morgan fingerprint density at radius 2 is 1.96 bits per heavy atom. The van der Waals surface area contributed by atoms with Crippen molar-refractivity contribution < 1.29 is 23.7 Å². The second-order valence-electron chi connectivity index (χ2n) is 5.90. The molecule has 0 atom stereocenters. The average Bonchev–Trinajstić information content (AvgIpc) is 3.29. The third kappa shape index (κ3) is 2.95. The number of ether oxygens (including phenoxy) is 4. The molecule has 2 aliphatic heterocycles. The van der Waals surface area contributed by atoms with Crippen LogP contribution in [0.15, 0.2) is 30.3 Å². The predicted octanol–water partition coefficient (Wildman–Crippen LogP) is 2.58. The minimum Gasteiger partial charge on any atom is -0.493 e. The van der Waals surface area contributed by atoms with E-state index in [1.54, 1.807) is 19.2 Å². The number of para-hydroxylation sites is 2. The van der Waals surface area contributed by atoms with Gasteiger partial charge in [0.25, 0.3) is 5.91 Å². The lowest BCUT2D eigenvalue weighted by atomic mass is 10.0. The Morgan fingerprint density at radius 1 is 1.16 bits per heavy atom. The van der Waals surface area contributed by atoms with Crippen LogP contribution in [0.3, 0.4) is 0 Å². The summed E-state index contributed by atoms with van der Waals surface area (Å²) in [5.41, 5.74) is 2.78. The van der Waals surface area contributed by atoms with Gasteiger partial charge in [0.2, 0.25) is 0 Å². The van der Waals surface area contributed by atoms with Gasteiger partial charge in [0.15, 0.2) is 18.1 Å². The van der Waals surface area contributed by atoms with Gasteiger partial charge in [0, 0.05) is 24.0 Å². The number of rotatable bonds is 5. The molecule has 6 nitrogen and oxygen atoms in total. The van der Waals surface area contributed by atoms with E-state index in [0.29, 0.717) is 24.7 Å². The molecule has 0 aromatic heterocycles. The Kier molecular flexibility index (Phi) is 4.09. The van der Waals surface area contributed by atoms with E-state index < -0.39 is 0 Å². The summed E-state index contributed by atoms with van der Waals surface area (Å²) in [5, 5.41) is 2.94. The van der Waals surface area contributed by atoms with Gasteiger partial charge in [-0.25, -0.2) is 0 Å². The molecule has 2 heterocycles. The van der Waals surface area contributed by atoms with Gasteiger partial charge >= 0.3 is 0 Å². The second kappa shape index (κ2) is 6.55. The summed E-state index contributed by atoms with van der Waals surface area (Å²) >= 11 is 0. The lowest BCUT2D eigenvalue weighted by molar-refractivity contribution is -0.118. The highest BCUT2D eigenvalue weighted by molar-refractivity contribution is 5.95. The summed E-state index contributed by atoms with van der Waals surface area (Å²) in [7, 11) is 1.57. The van der Waals surface area contributed by atoms with E-state index in [-0.39, 0.29) is 12.5 Å². The number of amides is 1. The van der Waals surface area contributed by atoms with E-state index in [1.165, 1.54) is 0 Å². The Bertz CT molecular complexity index is 785. The largest absolute Gasteiger partial charge is 0.493 e. The maximum Gasteiger partial charge on any atom is 0.262 e. The maximum atomic E-state index is 12.4. The van der Waals surface area contributed by atoms with Gasteiger partial charge in [-0.2, -0.15) is 0 Å². The molecule has 0 bridgehead atoms. The van der Waals surface area contributed by atoms with Crippen LogP contribution >= 0.6 is 0 Å². The van der Waals surface area contributed by atoms with Crippen LogP contribution < -0.4 is 24.3 Å². The third-order valence-corrected chi connectivity index (χ3v) is 4.34. The average molecular weight is 341 g/mol. The van der Waals surface area contributed by atoms with E-state index in [4.69, 9.17) is 18.9 Å². The standard InChI is InChI=1S/C19H19NO5/c1-22-14-4-2-3-5-15(14)25-11-17(21)20-18-13-7-9-23-16(13)10-12-6-8-24-19(12)18/h2-5,10H,6-9,11H2,1H3,(H,20,21). The Hall–Kier alpha value is -2.89. The molecule has 25 heavy (non-hydrogen) atoms. The van der Waals surface area contributed by atoms with Gasteiger partial charge in [-0.3, -0.25) is 4.79 Å². The van der Waals surface area contributed by atoms with Crippen molar-refractivity contribution in [2.24, 2.45) is 0 Å². The first-order chi connectivity index (χ1) is 12.3. The van der Waals surface area contributed by atoms with Gasteiger partial charge in [0.05, 0.1) is 26.0 Å². The molecule has 0 saturated heterocycles. The molecule has 2 aromatic rings. The molecule has 6 heteroatoms. The first-order valence-electron chi connectivity index (χ1n) is 8.26. The van der Waals surface area contributed by atoms with Crippen LogP contribution in [0.25, 0.3) is 0 Å². The van der Waals surface area contributed by atoms with Crippen LogP contribution in [0.5, 0.6) is 23.0 Å². The van der Waals surface area contributed by atoms with Crippen molar-refractivity contribution in [3.8, 4) is 23.0 Å². The Labute approximate surface area is 145 Å². The van der Waals surface area contributed by atoms with Crippen LogP contribution in [0, 0.1) is 0 Å². The van der Waals surface area contributed by atoms with Crippen LogP contribution in [0.1, 0.15) is 11.1 Å². The smallest absolute Gasteiger partial charge is 0.262 e. The van der Waals surface area contributed by atoms with Crippen LogP contribution in [-0.2, 0) is 17.6 Å². The minimum atomic E-state index is -0.246. The van der Waals surface area contributed by atoms with Crippen LogP contribution in [0.4, 0.5) is 5.69 Å². The highest BCUT2D eigenvalue weighted by atomic mass is 16.5. The van der Waals surface area contributed by atoms with E-state index in [9.17, 15) is 4.79 Å². The van der Waals surface area contributed by atoms with Crippen molar-refractivity contribution in [1.82, 2.24) is 0 Å². The van der Waals surface area contributed by atoms with Crippen molar-refractivity contribution in [2.45, 2.75) is 12.8 Å². The summed E-state index contributed by atoms with van der Waals surface area (Å²) in [6.07, 6.45) is 1.58. The van der Waals surface area contributed by atoms with E-state index in [0.717, 1.165) is 41.2 Å². The monoisotopic (exact) mass is 341 g/mol. The third-order valence-electron chi connectivity index (χ3n) is 4.34. The molecule has 1 N–H and O–H groups in total. The number of hydrogen-bond acceptors (Lipinski definition) is 5. The van der Waals surface area contributed by atoms with Crippen molar-refractivity contribution in [1.29, 1.82) is 0 Å². The molecule has 130 valence electrons. The number of fused-ring (bicyclic) bond motifs is 2. The number of hydrogen-bond donors (Lipinski definition) is 1. The fraction of sp³-hybridized carbons (Fsp3) is 0.316. The van der Waals surface area contributed by atoms with E-state index in [1.807, 2.05) is 18.2 Å². The number of anilines is 1. The van der Waals surface area contributed by atoms with Gasteiger partial charge < -0.3 is 24.3 Å². The lowest BCUT2D eigenvalue weighted by Gasteiger charge is -2.15. The molecule has 0 aliphatic carbocycles. The molecular formula is C19H19NO5. The summed E-state index contributed by atoms with van der Waals surface area (Å²) in [4.78, 5) is 12.4. The zero-order valence-corrected chi connectivity index (χ0v) is 14.0. The first kappa shape index (κ1) is 15.6. The Balaban J connectivity index is 1.50. The van der Waals surface area contributed by atoms with E-state index in [2.05, 4.69) is 5.32 Å². The molecule has 2 aromatic carbocycles. The number of benzene rings is 2. The summed E-state index contributed by atoms with van der Waals surface area (Å²) in [5.74, 6) is 2.47. The highest BCUT2D eigenvalue weighted by Crippen LogP contribution is 2.44. The summed E-state index contributed by atoms with van der Waals surface area (Å²) in [6, 6.07) is 9.25. The molecule has 0 unspecified atom stereocenters. The van der Waals surface area contributed by atoms with Crippen molar-refractivity contribution in [2.75, 3.05) is 32.2 Å². The quantitative estimate of drug-likeness (QED) is 0.905. The van der Waals surface area contributed by atoms with Crippen molar-refractivity contribution in [3.63, 3.8) is 0 Å². The molecule has 0 fully saturated rings. The topological polar surface area (TPSA) is 66.0 Å². The van der Waals surface area contributed by atoms with Crippen LogP contribution in [-0.4, -0.2) is 32.8 Å². The number of carbonyl (C=O) groups is 1. The fourth-order valence-electron chi connectivity index (χ4n) is 3.17. The first-order valence-corrected chi connectivity index (χ1v) is 8.26. The molecule has 0 spiro atoms. The number of nitrogens with one attached hydrogen (secondary N) is 1. The predicted molar refractivity (Wildman–Crippen MR) is 92.0 cm³/mol. The van der Waals surface area contributed by atoms with Crippen molar-refractivity contribution >= 4 is 11.6 Å². The van der Waals surface area contributed by atoms with Gasteiger partial charge in [-0.15, -0.1) is 0 Å². The Morgan fingerprint density at radius 3 is 2.80 bits per heavy atom. The molecule has 0 saturated carbocycles. The van der Waals surface area contributed by atoms with Crippen LogP contribution in [0.2, 0.25) is 0 Å². The maximum absolute atomic E-state index is 12.4. The fourth-order valence-corrected chi connectivity index (χ4v) is 3.17. The minimum absolute atomic E-state index is 0.111. The lowest BCUT2D eigenvalue weighted by Crippen LogP contribution is -2.21.